The molecular weight excluding hydrogens is 909 g/mol. The number of aliphatic hydroxyl groups is 1. The molecule has 7 atom stereocenters. The van der Waals surface area contributed by atoms with Crippen LogP contribution in [0.5, 0.6) is 0 Å². The summed E-state index contributed by atoms with van der Waals surface area (Å²) in [6, 6.07) is -1.50. The number of amides is 2. The minimum Gasteiger partial charge on any atom is -0.481 e. The van der Waals surface area contributed by atoms with E-state index in [1.165, 1.54) is 21.6 Å². The lowest BCUT2D eigenvalue weighted by Crippen LogP contribution is -2.42. The lowest BCUT2D eigenvalue weighted by Gasteiger charge is -2.19. The van der Waals surface area contributed by atoms with Gasteiger partial charge in [0.1, 0.15) is 29.7 Å². The Kier molecular flexibility index (Phi) is 22.1. The molecule has 1 fully saturated rings. The average Bonchev–Trinajstić information content (AvgIpc) is 3.48. The number of carbonyl (C=O) groups excluding carboxylic acids is 3. The summed E-state index contributed by atoms with van der Waals surface area (Å²) in [5.74, 6) is 2.15. The maximum Gasteiger partial charge on any atom is 0.490 e. The first-order valence-electron chi connectivity index (χ1n) is 17.6. The number of hydrogen-bond donors (Lipinski definition) is 10. The Morgan fingerprint density at radius 1 is 0.967 bits per heavy atom. The number of rotatable bonds is 27. The molecule has 30 heteroatoms. The summed E-state index contributed by atoms with van der Waals surface area (Å²) < 4.78 is 52.2. The number of carboxylic acids is 2. The Hall–Kier alpha value is -3.18. The van der Waals surface area contributed by atoms with Crippen LogP contribution in [0.3, 0.4) is 0 Å². The zero-order valence-electron chi connectivity index (χ0n) is 31.6. The minimum absolute atomic E-state index is 0.0360. The van der Waals surface area contributed by atoms with Crippen LogP contribution in [0, 0.1) is 17.8 Å². The summed E-state index contributed by atoms with van der Waals surface area (Å²) >= 11 is 0. The fourth-order valence-electron chi connectivity index (χ4n) is 4.93. The van der Waals surface area contributed by atoms with Crippen molar-refractivity contribution in [3.05, 3.63) is 32.6 Å². The fourth-order valence-corrected chi connectivity index (χ4v) is 10.3. The maximum atomic E-state index is 12.5. The zero-order chi connectivity index (χ0) is 45.3. The van der Waals surface area contributed by atoms with E-state index < -0.39 is 90.1 Å². The second-order valence-corrected chi connectivity index (χ2v) is 19.8. The van der Waals surface area contributed by atoms with E-state index in [-0.39, 0.29) is 49.0 Å². The Labute approximate surface area is 348 Å². The van der Waals surface area contributed by atoms with Crippen LogP contribution in [-0.2, 0) is 55.5 Å². The van der Waals surface area contributed by atoms with Crippen LogP contribution in [0.1, 0.15) is 76.5 Å². The average molecular weight is 955 g/mol. The van der Waals surface area contributed by atoms with Gasteiger partial charge in [-0.2, -0.15) is 8.62 Å². The number of phosphoric acid groups is 3. The molecule has 2 rings (SSSR count). The molecule has 0 bridgehead atoms. The maximum absolute atomic E-state index is 12.5. The van der Waals surface area contributed by atoms with Gasteiger partial charge in [0.05, 0.1) is 25.7 Å². The van der Waals surface area contributed by atoms with Crippen molar-refractivity contribution in [2.45, 2.75) is 89.2 Å². The highest BCUT2D eigenvalue weighted by atomic mass is 33.1. The number of unbranched alkanes of at least 4 members (excludes halogenated alkanes) is 3. The number of hydrogen-bond acceptors (Lipinski definition) is 17. The summed E-state index contributed by atoms with van der Waals surface area (Å²) in [4.78, 5) is 121. The van der Waals surface area contributed by atoms with E-state index in [1.54, 1.807) is 6.92 Å². The molecule has 1 saturated heterocycles. The van der Waals surface area contributed by atoms with Gasteiger partial charge in [-0.15, -0.1) is 0 Å². The minimum atomic E-state index is -5.79. The van der Waals surface area contributed by atoms with Gasteiger partial charge in [0.15, 0.2) is 0 Å². The number of Topliss-reactive ketones (excluding diaryl/α,β-unsaturated/α-hetero) is 1. The third-order valence-electron chi connectivity index (χ3n) is 7.85. The van der Waals surface area contributed by atoms with Crippen LogP contribution in [0.2, 0.25) is 0 Å². The molecule has 10 N–H and O–H groups in total. The van der Waals surface area contributed by atoms with E-state index in [4.69, 9.17) is 24.7 Å². The first-order chi connectivity index (χ1) is 27.9. The number of nitrogens with zero attached hydrogens (tertiary/aromatic N) is 1. The SMILES string of the molecule is CC(CSSCCC(=O)NCC#Cc1cn(C2CC(O)C(COP(=O)(O)OP(=O)(O)OP(=O)(O)O)O2)c(=O)[nH]c1=O)C(=O)CCCCCCC(=O)NC(CC(=O)O)C(=O)O. The van der Waals surface area contributed by atoms with Crippen molar-refractivity contribution in [2.24, 2.45) is 5.92 Å². The van der Waals surface area contributed by atoms with E-state index in [2.05, 4.69) is 35.6 Å². The van der Waals surface area contributed by atoms with Gasteiger partial charge in [-0.1, -0.05) is 53.2 Å². The van der Waals surface area contributed by atoms with Crippen LogP contribution >= 0.6 is 45.1 Å². The van der Waals surface area contributed by atoms with Crippen LogP contribution in [-0.4, -0.2) is 117 Å². The topological polar surface area (TPSA) is 394 Å². The number of carbonyl (C=O) groups is 5. The lowest BCUT2D eigenvalue weighted by atomic mass is 10.0. The van der Waals surface area contributed by atoms with E-state index >= 15 is 0 Å². The van der Waals surface area contributed by atoms with Crippen LogP contribution < -0.4 is 21.9 Å². The molecule has 0 aliphatic carbocycles. The van der Waals surface area contributed by atoms with Gasteiger partial charge in [0.2, 0.25) is 11.8 Å². The molecule has 2 heterocycles. The summed E-state index contributed by atoms with van der Waals surface area (Å²) in [6.45, 7) is 0.635. The summed E-state index contributed by atoms with van der Waals surface area (Å²) in [5, 5.41) is 32.8. The highest BCUT2D eigenvalue weighted by Gasteiger charge is 2.43. The summed E-state index contributed by atoms with van der Waals surface area (Å²) in [7, 11) is -14.1. The number of aliphatic carboxylic acids is 2. The number of aromatic amines is 1. The van der Waals surface area contributed by atoms with Crippen molar-refractivity contribution >= 4 is 74.6 Å². The van der Waals surface area contributed by atoms with E-state index in [9.17, 15) is 62.2 Å². The molecule has 60 heavy (non-hydrogen) atoms. The molecule has 1 aromatic heterocycles. The fraction of sp³-hybridized carbons (Fsp3) is 0.633. The second kappa shape index (κ2) is 25.1. The van der Waals surface area contributed by atoms with Crippen molar-refractivity contribution in [1.82, 2.24) is 20.2 Å². The Morgan fingerprint density at radius 2 is 1.63 bits per heavy atom. The lowest BCUT2D eigenvalue weighted by molar-refractivity contribution is -0.147. The highest BCUT2D eigenvalue weighted by molar-refractivity contribution is 8.76. The van der Waals surface area contributed by atoms with Gasteiger partial charge >= 0.3 is 41.1 Å². The van der Waals surface area contributed by atoms with Crippen molar-refractivity contribution in [2.75, 3.05) is 24.7 Å². The van der Waals surface area contributed by atoms with Crippen LogP contribution in [0.15, 0.2) is 15.8 Å². The summed E-state index contributed by atoms with van der Waals surface area (Å²) in [6.07, 6.45) is -1.36. The molecule has 0 spiro atoms. The second-order valence-electron chi connectivity index (χ2n) is 12.8. The van der Waals surface area contributed by atoms with Crippen molar-refractivity contribution in [3.63, 3.8) is 0 Å². The van der Waals surface area contributed by atoms with Gasteiger partial charge in [-0.25, -0.2) is 23.3 Å². The zero-order valence-corrected chi connectivity index (χ0v) is 35.9. The van der Waals surface area contributed by atoms with Crippen molar-refractivity contribution < 1.29 is 90.4 Å². The van der Waals surface area contributed by atoms with Gasteiger partial charge in [0, 0.05) is 49.3 Å². The number of H-pyrrole nitrogens is 1. The smallest absolute Gasteiger partial charge is 0.481 e. The molecule has 1 aromatic rings. The number of carboxylic acid groups (broad SMARTS) is 2. The van der Waals surface area contributed by atoms with Crippen LogP contribution in [0.4, 0.5) is 0 Å². The number of nitrogens with one attached hydrogen (secondary N) is 3. The third kappa shape index (κ3) is 21.1. The molecule has 0 aromatic carbocycles. The molecule has 1 aliphatic rings. The Morgan fingerprint density at radius 3 is 2.27 bits per heavy atom. The van der Waals surface area contributed by atoms with E-state index in [0.717, 1.165) is 10.8 Å². The molecule has 1 aliphatic heterocycles. The monoisotopic (exact) mass is 954 g/mol. The first-order valence-corrected chi connectivity index (χ1v) is 24.6. The summed E-state index contributed by atoms with van der Waals surface area (Å²) in [5.41, 5.74) is -2.10. The predicted octanol–water partition coefficient (Wildman–Crippen LogP) is 0.357. The normalized spacial score (nSPS) is 19.5. The first kappa shape index (κ1) is 53.0. The highest BCUT2D eigenvalue weighted by Crippen LogP contribution is 2.66. The predicted molar refractivity (Wildman–Crippen MR) is 209 cm³/mol. The van der Waals surface area contributed by atoms with Crippen molar-refractivity contribution in [3.8, 4) is 11.8 Å². The Balaban J connectivity index is 1.70. The third-order valence-corrected chi connectivity index (χ3v) is 14.2. The number of ether oxygens (including phenoxy) is 1. The van der Waals surface area contributed by atoms with Gasteiger partial charge in [-0.3, -0.25) is 38.0 Å². The Bertz CT molecular complexity index is 2020. The quantitative estimate of drug-likeness (QED) is 0.0246. The molecule has 0 radical (unpaired) electrons. The van der Waals surface area contributed by atoms with E-state index in [0.29, 0.717) is 43.6 Å². The standard InChI is InChI=1S/C30H45N4O21P3S2/c1-18(21(35)8-4-2-3-5-9-25(38)32-20(29(42)43)13-27(39)40)17-60-59-12-10-24(37)31-11-6-7-19-15-34(30(44)33-28(19)41)26-14-22(36)23(53-26)16-52-57(48,49)55-58(50,51)54-56(45,46)47/h15,18,20,22-23,26,36H,2-5,8-14,16-17H2,1H3,(H,31,37)(H,32,38)(H,39,40)(H,42,43)(H,48,49)(H,50,51)(H,33,41,44)(H2,45,46,47). The van der Waals surface area contributed by atoms with Gasteiger partial charge in [0.25, 0.3) is 5.56 Å². The van der Waals surface area contributed by atoms with Gasteiger partial charge < -0.3 is 50.3 Å². The largest absolute Gasteiger partial charge is 0.490 e. The molecule has 25 nitrogen and oxygen atoms in total. The molecule has 338 valence electrons. The molecule has 0 saturated carbocycles. The number of aromatic nitrogens is 2. The number of aliphatic hydroxyl groups excluding tert-OH is 1. The van der Waals surface area contributed by atoms with Gasteiger partial charge in [-0.05, 0) is 12.8 Å². The molecule has 7 unspecified atom stereocenters. The molecule has 2 amide bonds. The van der Waals surface area contributed by atoms with Crippen LogP contribution in [0.25, 0.3) is 0 Å². The molecular formula is C30H45N4O21P3S2. The van der Waals surface area contributed by atoms with Crippen molar-refractivity contribution in [1.29, 1.82) is 0 Å². The number of ketones is 1. The van der Waals surface area contributed by atoms with E-state index in [1.807, 2.05) is 4.98 Å². The number of phosphoric ester groups is 1.